The zero-order chi connectivity index (χ0) is 8.43. The smallest absolute Gasteiger partial charge is 0.150 e. The lowest BCUT2D eigenvalue weighted by atomic mass is 10.1. The quantitative estimate of drug-likeness (QED) is 0.477. The molecule has 0 atom stereocenters. The lowest BCUT2D eigenvalue weighted by Gasteiger charge is -2.01. The zero-order valence-electron chi connectivity index (χ0n) is 6.10. The van der Waals surface area contributed by atoms with E-state index in [0.29, 0.717) is 5.56 Å². The average Bonchev–Trinajstić information content (AvgIpc) is 1.97. The number of rotatable bonds is 1. The van der Waals surface area contributed by atoms with E-state index in [1.54, 1.807) is 6.07 Å². The van der Waals surface area contributed by atoms with Gasteiger partial charge in [-0.25, -0.2) is 0 Å². The first-order valence-corrected chi connectivity index (χ1v) is 4.24. The predicted molar refractivity (Wildman–Crippen MR) is 53.7 cm³/mol. The molecule has 0 aliphatic heterocycles. The second-order valence-electron chi connectivity index (χ2n) is 2.35. The molecule has 0 bridgehead atoms. The monoisotopic (exact) mass is 261 g/mol. The Labute approximate surface area is 78.9 Å². The van der Waals surface area contributed by atoms with E-state index in [-0.39, 0.29) is 0 Å². The minimum absolute atomic E-state index is 0.712. The highest BCUT2D eigenvalue weighted by Gasteiger charge is 2.00. The molecule has 1 aromatic carbocycles. The van der Waals surface area contributed by atoms with Gasteiger partial charge in [-0.15, -0.1) is 0 Å². The Hall–Kier alpha value is -0.580. The maximum Gasteiger partial charge on any atom is 0.150 e. The van der Waals surface area contributed by atoms with Crippen LogP contribution in [-0.4, -0.2) is 6.29 Å². The van der Waals surface area contributed by atoms with Gasteiger partial charge in [-0.05, 0) is 47.2 Å². The molecular formula is C8H8INO. The van der Waals surface area contributed by atoms with Crippen LogP contribution in [0.3, 0.4) is 0 Å². The topological polar surface area (TPSA) is 43.1 Å². The number of carbonyl (C=O) groups is 1. The summed E-state index contributed by atoms with van der Waals surface area (Å²) >= 11 is 2.11. The molecule has 0 aliphatic rings. The third kappa shape index (κ3) is 1.71. The van der Waals surface area contributed by atoms with Gasteiger partial charge in [0, 0.05) is 14.8 Å². The van der Waals surface area contributed by atoms with Crippen LogP contribution in [0.15, 0.2) is 12.1 Å². The fourth-order valence-electron chi connectivity index (χ4n) is 0.846. The maximum absolute atomic E-state index is 10.4. The Bertz CT molecular complexity index is 296. The van der Waals surface area contributed by atoms with E-state index >= 15 is 0 Å². The summed E-state index contributed by atoms with van der Waals surface area (Å²) in [6.45, 7) is 1.87. The van der Waals surface area contributed by atoms with Gasteiger partial charge in [0.15, 0.2) is 0 Å². The lowest BCUT2D eigenvalue weighted by Crippen LogP contribution is -1.94. The van der Waals surface area contributed by atoms with Gasteiger partial charge in [0.25, 0.3) is 0 Å². The molecule has 0 spiro atoms. The molecule has 2 nitrogen and oxygen atoms in total. The molecule has 3 heteroatoms. The molecule has 11 heavy (non-hydrogen) atoms. The number of benzene rings is 1. The SMILES string of the molecule is Cc1cc(N)c(I)cc1C=O. The number of carbonyl (C=O) groups excluding carboxylic acids is 1. The summed E-state index contributed by atoms with van der Waals surface area (Å²) in [4.78, 5) is 10.4. The fourth-order valence-corrected chi connectivity index (χ4v) is 1.34. The van der Waals surface area contributed by atoms with Gasteiger partial charge in [0.1, 0.15) is 6.29 Å². The minimum Gasteiger partial charge on any atom is -0.398 e. The Morgan fingerprint density at radius 3 is 2.73 bits per heavy atom. The van der Waals surface area contributed by atoms with Crippen LogP contribution in [-0.2, 0) is 0 Å². The maximum atomic E-state index is 10.4. The first-order valence-electron chi connectivity index (χ1n) is 3.16. The first kappa shape index (κ1) is 8.52. The van der Waals surface area contributed by atoms with Crippen molar-refractivity contribution < 1.29 is 4.79 Å². The number of nitrogen functional groups attached to an aromatic ring is 1. The number of aldehydes is 1. The largest absolute Gasteiger partial charge is 0.398 e. The molecule has 0 amide bonds. The second-order valence-corrected chi connectivity index (χ2v) is 3.51. The van der Waals surface area contributed by atoms with Crippen LogP contribution in [0.1, 0.15) is 15.9 Å². The van der Waals surface area contributed by atoms with Crippen molar-refractivity contribution in [2.45, 2.75) is 6.92 Å². The standard InChI is InChI=1S/C8H8INO/c1-5-2-8(10)7(9)3-6(5)4-11/h2-4H,10H2,1H3. The number of nitrogens with two attached hydrogens (primary N) is 1. The van der Waals surface area contributed by atoms with Gasteiger partial charge in [0.05, 0.1) is 0 Å². The summed E-state index contributed by atoms with van der Waals surface area (Å²) in [5.41, 5.74) is 7.99. The van der Waals surface area contributed by atoms with E-state index in [2.05, 4.69) is 22.6 Å². The molecule has 0 heterocycles. The van der Waals surface area contributed by atoms with E-state index < -0.39 is 0 Å². The van der Waals surface area contributed by atoms with E-state index in [4.69, 9.17) is 5.73 Å². The van der Waals surface area contributed by atoms with Crippen LogP contribution >= 0.6 is 22.6 Å². The summed E-state index contributed by atoms with van der Waals surface area (Å²) < 4.78 is 0.926. The summed E-state index contributed by atoms with van der Waals surface area (Å²) in [6.07, 6.45) is 0.844. The van der Waals surface area contributed by atoms with Crippen LogP contribution in [0.4, 0.5) is 5.69 Å². The molecule has 1 aromatic rings. The van der Waals surface area contributed by atoms with Crippen LogP contribution in [0.2, 0.25) is 0 Å². The van der Waals surface area contributed by atoms with Crippen LogP contribution in [0, 0.1) is 10.5 Å². The summed E-state index contributed by atoms with van der Waals surface area (Å²) in [5.74, 6) is 0. The highest BCUT2D eigenvalue weighted by molar-refractivity contribution is 14.1. The Kier molecular flexibility index (Phi) is 2.49. The second kappa shape index (κ2) is 3.21. The number of anilines is 1. The van der Waals surface area contributed by atoms with Gasteiger partial charge < -0.3 is 5.73 Å². The molecule has 0 fully saturated rings. The number of hydrogen-bond acceptors (Lipinski definition) is 2. The van der Waals surface area contributed by atoms with Gasteiger partial charge in [0.2, 0.25) is 0 Å². The van der Waals surface area contributed by atoms with E-state index in [1.165, 1.54) is 0 Å². The van der Waals surface area contributed by atoms with Crippen LogP contribution < -0.4 is 5.73 Å². The first-order chi connectivity index (χ1) is 5.15. The molecule has 58 valence electrons. The Morgan fingerprint density at radius 2 is 2.18 bits per heavy atom. The average molecular weight is 261 g/mol. The van der Waals surface area contributed by atoms with Crippen molar-refractivity contribution in [3.63, 3.8) is 0 Å². The van der Waals surface area contributed by atoms with Crippen molar-refractivity contribution in [3.8, 4) is 0 Å². The third-order valence-electron chi connectivity index (χ3n) is 1.51. The van der Waals surface area contributed by atoms with Gasteiger partial charge in [-0.1, -0.05) is 0 Å². The van der Waals surface area contributed by atoms with E-state index in [9.17, 15) is 4.79 Å². The number of halogens is 1. The molecule has 2 N–H and O–H groups in total. The molecular weight excluding hydrogens is 253 g/mol. The van der Waals surface area contributed by atoms with Crippen molar-refractivity contribution in [2.75, 3.05) is 5.73 Å². The molecule has 0 aromatic heterocycles. The fraction of sp³-hybridized carbons (Fsp3) is 0.125. The Balaban J connectivity index is 3.31. The number of hydrogen-bond donors (Lipinski definition) is 1. The highest BCUT2D eigenvalue weighted by Crippen LogP contribution is 2.18. The lowest BCUT2D eigenvalue weighted by molar-refractivity contribution is 0.112. The van der Waals surface area contributed by atoms with Crippen molar-refractivity contribution in [1.82, 2.24) is 0 Å². The zero-order valence-corrected chi connectivity index (χ0v) is 8.25. The molecule has 0 saturated heterocycles. The van der Waals surface area contributed by atoms with Crippen molar-refractivity contribution in [3.05, 3.63) is 26.8 Å². The van der Waals surface area contributed by atoms with Gasteiger partial charge >= 0.3 is 0 Å². The Morgan fingerprint density at radius 1 is 1.55 bits per heavy atom. The van der Waals surface area contributed by atoms with E-state index in [0.717, 1.165) is 21.1 Å². The normalized spacial score (nSPS) is 9.64. The van der Waals surface area contributed by atoms with Crippen molar-refractivity contribution >= 4 is 34.6 Å². The van der Waals surface area contributed by atoms with Gasteiger partial charge in [-0.3, -0.25) is 4.79 Å². The molecule has 0 aliphatic carbocycles. The molecule has 0 unspecified atom stereocenters. The number of aryl methyl sites for hydroxylation is 1. The molecule has 0 radical (unpaired) electrons. The van der Waals surface area contributed by atoms with E-state index in [1.807, 2.05) is 13.0 Å². The predicted octanol–water partition coefficient (Wildman–Crippen LogP) is 1.99. The molecule has 1 rings (SSSR count). The summed E-state index contributed by atoms with van der Waals surface area (Å²) in [6, 6.07) is 3.60. The summed E-state index contributed by atoms with van der Waals surface area (Å²) in [5, 5.41) is 0. The van der Waals surface area contributed by atoms with Crippen LogP contribution in [0.25, 0.3) is 0 Å². The van der Waals surface area contributed by atoms with Gasteiger partial charge in [-0.2, -0.15) is 0 Å². The van der Waals surface area contributed by atoms with Crippen LogP contribution in [0.5, 0.6) is 0 Å². The highest BCUT2D eigenvalue weighted by atomic mass is 127. The van der Waals surface area contributed by atoms with Crippen molar-refractivity contribution in [2.24, 2.45) is 0 Å². The molecule has 0 saturated carbocycles. The summed E-state index contributed by atoms with van der Waals surface area (Å²) in [7, 11) is 0. The minimum atomic E-state index is 0.712. The van der Waals surface area contributed by atoms with Crippen molar-refractivity contribution in [1.29, 1.82) is 0 Å². The third-order valence-corrected chi connectivity index (χ3v) is 2.45.